The monoisotopic (exact) mass is 354 g/mol. The Bertz CT molecular complexity index is 573. The molecule has 5 nitrogen and oxygen atoms in total. The lowest BCUT2D eigenvalue weighted by Crippen LogP contribution is -3.00. The van der Waals surface area contributed by atoms with E-state index in [-0.39, 0.29) is 12.4 Å². The average molecular weight is 355 g/mol. The molecule has 1 aromatic heterocycles. The summed E-state index contributed by atoms with van der Waals surface area (Å²) in [5.74, 6) is 2.52. The molecule has 0 unspecified atom stereocenters. The van der Waals surface area contributed by atoms with Crippen LogP contribution < -0.4 is 27.2 Å². The van der Waals surface area contributed by atoms with Gasteiger partial charge in [-0.1, -0.05) is 17.8 Å². The third kappa shape index (κ3) is 6.64. The Morgan fingerprint density at radius 2 is 1.83 bits per heavy atom. The highest BCUT2D eigenvalue weighted by molar-refractivity contribution is 7.99. The van der Waals surface area contributed by atoms with Gasteiger partial charge in [0.25, 0.3) is 0 Å². The maximum absolute atomic E-state index is 5.30. The van der Waals surface area contributed by atoms with Gasteiger partial charge < -0.3 is 27.2 Å². The van der Waals surface area contributed by atoms with Gasteiger partial charge in [-0.25, -0.2) is 9.97 Å². The molecule has 0 atom stereocenters. The van der Waals surface area contributed by atoms with E-state index in [2.05, 4.69) is 15.3 Å². The molecule has 126 valence electrons. The molecule has 0 aliphatic rings. The van der Waals surface area contributed by atoms with Gasteiger partial charge in [-0.05, 0) is 36.7 Å². The van der Waals surface area contributed by atoms with Crippen molar-refractivity contribution in [1.29, 1.82) is 0 Å². The lowest BCUT2D eigenvalue weighted by atomic mass is 10.2. The zero-order chi connectivity index (χ0) is 15.6. The molecule has 0 spiro atoms. The highest BCUT2D eigenvalue weighted by atomic mass is 35.5. The second kappa shape index (κ2) is 11.1. The van der Waals surface area contributed by atoms with Crippen molar-refractivity contribution in [2.24, 2.45) is 0 Å². The first-order valence-electron chi connectivity index (χ1n) is 7.15. The summed E-state index contributed by atoms with van der Waals surface area (Å²) >= 11 is 1.68. The molecule has 2 rings (SSSR count). The van der Waals surface area contributed by atoms with E-state index < -0.39 is 0 Å². The predicted octanol–water partition coefficient (Wildman–Crippen LogP) is -0.230. The van der Waals surface area contributed by atoms with E-state index in [0.717, 1.165) is 41.9 Å². The van der Waals surface area contributed by atoms with Gasteiger partial charge in [0.15, 0.2) is 16.7 Å². The van der Waals surface area contributed by atoms with Crippen molar-refractivity contribution in [2.45, 2.75) is 18.1 Å². The molecule has 2 aromatic rings. The molecule has 0 fully saturated rings. The third-order valence-corrected chi connectivity index (χ3v) is 4.01. The predicted molar refractivity (Wildman–Crippen MR) is 88.6 cm³/mol. The Kier molecular flexibility index (Phi) is 9.43. The Hall–Kier alpha value is -1.50. The molecule has 0 aliphatic carbocycles. The second-order valence-corrected chi connectivity index (χ2v) is 5.66. The van der Waals surface area contributed by atoms with Crippen LogP contribution in [0.5, 0.6) is 11.5 Å². The average Bonchev–Trinajstić information content (AvgIpc) is 2.58. The fourth-order valence-corrected chi connectivity index (χ4v) is 2.69. The fraction of sp³-hybridized carbons (Fsp3) is 0.375. The third-order valence-electron chi connectivity index (χ3n) is 3.05. The van der Waals surface area contributed by atoms with E-state index >= 15 is 0 Å². The smallest absolute Gasteiger partial charge is 0.187 e. The number of nitrogens with zero attached hydrogens (tertiary/aromatic N) is 2. The molecule has 7 heteroatoms. The SMILES string of the molecule is COc1ccc(CNCCCSc2ncccn2)cc1OC.[Cl-]. The van der Waals surface area contributed by atoms with Crippen LogP contribution in [0.4, 0.5) is 0 Å². The number of ether oxygens (including phenoxy) is 2. The summed E-state index contributed by atoms with van der Waals surface area (Å²) in [5, 5.41) is 4.26. The van der Waals surface area contributed by atoms with Gasteiger partial charge in [-0.15, -0.1) is 0 Å². The van der Waals surface area contributed by atoms with Crippen LogP contribution in [0.2, 0.25) is 0 Å². The molecule has 0 amide bonds. The van der Waals surface area contributed by atoms with Gasteiger partial charge in [0, 0.05) is 24.7 Å². The van der Waals surface area contributed by atoms with Gasteiger partial charge in [0.2, 0.25) is 0 Å². The first-order valence-corrected chi connectivity index (χ1v) is 8.13. The summed E-state index contributed by atoms with van der Waals surface area (Å²) < 4.78 is 10.5. The van der Waals surface area contributed by atoms with E-state index in [4.69, 9.17) is 9.47 Å². The molecule has 0 radical (unpaired) electrons. The van der Waals surface area contributed by atoms with Gasteiger partial charge in [-0.3, -0.25) is 0 Å². The normalized spacial score (nSPS) is 10.0. The lowest BCUT2D eigenvalue weighted by molar-refractivity contribution is -0.00000515. The van der Waals surface area contributed by atoms with Crippen LogP contribution in [0.15, 0.2) is 41.8 Å². The van der Waals surface area contributed by atoms with Crippen LogP contribution >= 0.6 is 11.8 Å². The largest absolute Gasteiger partial charge is 1.00 e. The Balaban J connectivity index is 0.00000264. The summed E-state index contributed by atoms with van der Waals surface area (Å²) in [6, 6.07) is 7.80. The van der Waals surface area contributed by atoms with Crippen LogP contribution in [-0.2, 0) is 6.54 Å². The molecule has 1 heterocycles. The number of methoxy groups -OCH3 is 2. The van der Waals surface area contributed by atoms with Crippen molar-refractivity contribution in [3.63, 3.8) is 0 Å². The summed E-state index contributed by atoms with van der Waals surface area (Å²) in [6.07, 6.45) is 4.60. The van der Waals surface area contributed by atoms with Crippen LogP contribution in [-0.4, -0.2) is 36.5 Å². The van der Waals surface area contributed by atoms with Crippen molar-refractivity contribution in [3.8, 4) is 11.5 Å². The van der Waals surface area contributed by atoms with Crippen LogP contribution in [0.3, 0.4) is 0 Å². The zero-order valence-electron chi connectivity index (χ0n) is 13.3. The molecule has 1 N–H and O–H groups in total. The van der Waals surface area contributed by atoms with E-state index in [0.29, 0.717) is 0 Å². The molecule has 1 aromatic carbocycles. The maximum Gasteiger partial charge on any atom is 0.187 e. The molecule has 0 bridgehead atoms. The van der Waals surface area contributed by atoms with Crippen LogP contribution in [0, 0.1) is 0 Å². The van der Waals surface area contributed by atoms with E-state index in [1.807, 2.05) is 24.3 Å². The Labute approximate surface area is 147 Å². The molecule has 0 aliphatic heterocycles. The minimum Gasteiger partial charge on any atom is -1.00 e. The van der Waals surface area contributed by atoms with Crippen molar-refractivity contribution < 1.29 is 21.9 Å². The van der Waals surface area contributed by atoms with Gasteiger partial charge >= 0.3 is 0 Å². The van der Waals surface area contributed by atoms with Crippen LogP contribution in [0.25, 0.3) is 0 Å². The fourth-order valence-electron chi connectivity index (χ4n) is 1.94. The van der Waals surface area contributed by atoms with Crippen molar-refractivity contribution in [1.82, 2.24) is 15.3 Å². The quantitative estimate of drug-likeness (QED) is 0.381. The topological polar surface area (TPSA) is 56.3 Å². The highest BCUT2D eigenvalue weighted by Gasteiger charge is 2.04. The number of nitrogens with one attached hydrogen (secondary N) is 1. The molecule has 0 saturated carbocycles. The standard InChI is InChI=1S/C16H21N3O2S.ClH/c1-20-14-6-5-13(11-15(14)21-2)12-17-7-4-10-22-16-18-8-3-9-19-16;/h3,5-6,8-9,11,17H,4,7,10,12H2,1-2H3;1H/p-1. The summed E-state index contributed by atoms with van der Waals surface area (Å²) in [6.45, 7) is 1.76. The number of aromatic nitrogens is 2. The van der Waals surface area contributed by atoms with Gasteiger partial charge in [0.1, 0.15) is 0 Å². The molecule has 0 saturated heterocycles. The van der Waals surface area contributed by atoms with Crippen LogP contribution in [0.1, 0.15) is 12.0 Å². The second-order valence-electron chi connectivity index (χ2n) is 4.60. The van der Waals surface area contributed by atoms with Gasteiger partial charge in [0.05, 0.1) is 14.2 Å². The lowest BCUT2D eigenvalue weighted by Gasteiger charge is -2.10. The Morgan fingerprint density at radius 3 is 2.52 bits per heavy atom. The minimum absolute atomic E-state index is 0. The molecule has 23 heavy (non-hydrogen) atoms. The van der Waals surface area contributed by atoms with Crippen molar-refractivity contribution in [2.75, 3.05) is 26.5 Å². The number of halogens is 1. The van der Waals surface area contributed by atoms with Crippen molar-refractivity contribution >= 4 is 11.8 Å². The molecular weight excluding hydrogens is 334 g/mol. The van der Waals surface area contributed by atoms with E-state index in [1.165, 1.54) is 5.56 Å². The maximum atomic E-state index is 5.30. The first kappa shape index (κ1) is 19.5. The number of thioether (sulfide) groups is 1. The van der Waals surface area contributed by atoms with Gasteiger partial charge in [-0.2, -0.15) is 0 Å². The molecular formula is C16H21ClN3O2S-. The highest BCUT2D eigenvalue weighted by Crippen LogP contribution is 2.27. The summed E-state index contributed by atoms with van der Waals surface area (Å²) in [5.41, 5.74) is 1.18. The number of hydrogen-bond donors (Lipinski definition) is 1. The number of rotatable bonds is 9. The van der Waals surface area contributed by atoms with E-state index in [1.54, 1.807) is 38.4 Å². The minimum atomic E-state index is 0. The first-order chi connectivity index (χ1) is 10.8. The summed E-state index contributed by atoms with van der Waals surface area (Å²) in [7, 11) is 3.29. The Morgan fingerprint density at radius 1 is 1.09 bits per heavy atom. The zero-order valence-corrected chi connectivity index (χ0v) is 14.9. The summed E-state index contributed by atoms with van der Waals surface area (Å²) in [4.78, 5) is 8.37. The van der Waals surface area contributed by atoms with E-state index in [9.17, 15) is 0 Å². The number of benzene rings is 1. The van der Waals surface area contributed by atoms with Crippen molar-refractivity contribution in [3.05, 3.63) is 42.2 Å². The number of hydrogen-bond acceptors (Lipinski definition) is 6.